The third-order valence-electron chi connectivity index (χ3n) is 3.00. The zero-order chi connectivity index (χ0) is 14.5. The van der Waals surface area contributed by atoms with Gasteiger partial charge in [-0.1, -0.05) is 6.08 Å². The number of carbonyl (C=O) groups is 1. The average molecular weight is 313 g/mol. The standard InChI is InChI=1S/C13H19N3O2S2/c1-3-4-15-12(17)10-9(14)11(19-2)13(20-10)16-5-7-18-8-6-16/h3H,1,4-8,14H2,2H3,(H,15,17). The molecule has 0 spiro atoms. The highest BCUT2D eigenvalue weighted by Gasteiger charge is 2.24. The van der Waals surface area contributed by atoms with Gasteiger partial charge in [0, 0.05) is 19.6 Å². The Morgan fingerprint density at radius 1 is 1.60 bits per heavy atom. The summed E-state index contributed by atoms with van der Waals surface area (Å²) in [5.74, 6) is -0.137. The first kappa shape index (κ1) is 15.2. The minimum absolute atomic E-state index is 0.137. The fraction of sp³-hybridized carbons (Fsp3) is 0.462. The molecule has 0 bridgehead atoms. The molecule has 5 nitrogen and oxygen atoms in total. The topological polar surface area (TPSA) is 67.6 Å². The number of anilines is 2. The molecule has 20 heavy (non-hydrogen) atoms. The molecule has 0 radical (unpaired) electrons. The normalized spacial score (nSPS) is 15.2. The van der Waals surface area contributed by atoms with Crippen LogP contribution >= 0.6 is 23.1 Å². The number of nitrogens with one attached hydrogen (secondary N) is 1. The smallest absolute Gasteiger partial charge is 0.263 e. The number of nitrogens with zero attached hydrogens (tertiary/aromatic N) is 1. The summed E-state index contributed by atoms with van der Waals surface area (Å²) < 4.78 is 5.37. The highest BCUT2D eigenvalue weighted by atomic mass is 32.2. The van der Waals surface area contributed by atoms with Gasteiger partial charge in [-0.2, -0.15) is 0 Å². The minimum Gasteiger partial charge on any atom is -0.396 e. The molecule has 1 aromatic heterocycles. The van der Waals surface area contributed by atoms with E-state index in [0.29, 0.717) is 30.3 Å². The maximum Gasteiger partial charge on any atom is 0.263 e. The predicted molar refractivity (Wildman–Crippen MR) is 86.1 cm³/mol. The third kappa shape index (κ3) is 3.11. The van der Waals surface area contributed by atoms with Gasteiger partial charge < -0.3 is 20.7 Å². The fourth-order valence-electron chi connectivity index (χ4n) is 2.00. The lowest BCUT2D eigenvalue weighted by Gasteiger charge is -2.28. The third-order valence-corrected chi connectivity index (χ3v) is 5.21. The fourth-order valence-corrected chi connectivity index (χ4v) is 4.15. The zero-order valence-corrected chi connectivity index (χ0v) is 13.1. The molecule has 0 atom stereocenters. The minimum atomic E-state index is -0.137. The van der Waals surface area contributed by atoms with Crippen LogP contribution in [0.5, 0.6) is 0 Å². The molecular weight excluding hydrogens is 294 g/mol. The van der Waals surface area contributed by atoms with E-state index in [0.717, 1.165) is 23.0 Å². The molecule has 2 rings (SSSR count). The van der Waals surface area contributed by atoms with Crippen LogP contribution in [0.2, 0.25) is 0 Å². The van der Waals surface area contributed by atoms with Crippen molar-refractivity contribution in [1.82, 2.24) is 5.32 Å². The van der Waals surface area contributed by atoms with Crippen molar-refractivity contribution in [3.05, 3.63) is 17.5 Å². The number of morpholine rings is 1. The largest absolute Gasteiger partial charge is 0.396 e. The summed E-state index contributed by atoms with van der Waals surface area (Å²) in [5.41, 5.74) is 6.71. The van der Waals surface area contributed by atoms with Gasteiger partial charge in [0.15, 0.2) is 0 Å². The van der Waals surface area contributed by atoms with Gasteiger partial charge in [-0.3, -0.25) is 4.79 Å². The van der Waals surface area contributed by atoms with Gasteiger partial charge >= 0.3 is 0 Å². The van der Waals surface area contributed by atoms with Crippen LogP contribution in [0.1, 0.15) is 9.67 Å². The first-order chi connectivity index (χ1) is 9.69. The number of nitrogen functional groups attached to an aromatic ring is 1. The van der Waals surface area contributed by atoms with E-state index < -0.39 is 0 Å². The van der Waals surface area contributed by atoms with Crippen LogP contribution in [0.4, 0.5) is 10.7 Å². The molecule has 110 valence electrons. The van der Waals surface area contributed by atoms with Crippen molar-refractivity contribution < 1.29 is 9.53 Å². The van der Waals surface area contributed by atoms with E-state index in [4.69, 9.17) is 10.5 Å². The Balaban J connectivity index is 2.27. The number of nitrogens with two attached hydrogens (primary N) is 1. The lowest BCUT2D eigenvalue weighted by atomic mass is 10.3. The Hall–Kier alpha value is -1.18. The summed E-state index contributed by atoms with van der Waals surface area (Å²) in [6.45, 7) is 7.13. The number of thioether (sulfide) groups is 1. The van der Waals surface area contributed by atoms with Crippen molar-refractivity contribution in [2.24, 2.45) is 0 Å². The van der Waals surface area contributed by atoms with Crippen LogP contribution < -0.4 is 16.0 Å². The second kappa shape index (κ2) is 7.01. The molecule has 2 heterocycles. The monoisotopic (exact) mass is 313 g/mol. The Morgan fingerprint density at radius 2 is 2.30 bits per heavy atom. The molecule has 1 amide bonds. The number of rotatable bonds is 5. The van der Waals surface area contributed by atoms with Crippen molar-refractivity contribution in [3.8, 4) is 0 Å². The summed E-state index contributed by atoms with van der Waals surface area (Å²) >= 11 is 3.03. The van der Waals surface area contributed by atoms with E-state index in [9.17, 15) is 4.79 Å². The molecular formula is C13H19N3O2S2. The molecule has 1 aliphatic rings. The SMILES string of the molecule is C=CCNC(=O)c1sc(N2CCOCC2)c(SC)c1N. The highest BCUT2D eigenvalue weighted by Crippen LogP contribution is 2.43. The van der Waals surface area contributed by atoms with Gasteiger partial charge in [0.1, 0.15) is 9.88 Å². The predicted octanol–water partition coefficient (Wildman–Crippen LogP) is 1.80. The molecule has 1 fully saturated rings. The van der Waals surface area contributed by atoms with Crippen molar-refractivity contribution in [2.45, 2.75) is 4.90 Å². The molecule has 7 heteroatoms. The lowest BCUT2D eigenvalue weighted by Crippen LogP contribution is -2.35. The summed E-state index contributed by atoms with van der Waals surface area (Å²) in [4.78, 5) is 15.9. The van der Waals surface area contributed by atoms with Crippen molar-refractivity contribution in [3.63, 3.8) is 0 Å². The second-order valence-electron chi connectivity index (χ2n) is 4.28. The van der Waals surface area contributed by atoms with Gasteiger partial charge in [0.2, 0.25) is 0 Å². The molecule has 1 saturated heterocycles. The zero-order valence-electron chi connectivity index (χ0n) is 11.5. The number of hydrogen-bond acceptors (Lipinski definition) is 6. The summed E-state index contributed by atoms with van der Waals surface area (Å²) in [5, 5.41) is 3.85. The molecule has 0 saturated carbocycles. The van der Waals surface area contributed by atoms with Crippen LogP contribution in [0, 0.1) is 0 Å². The highest BCUT2D eigenvalue weighted by molar-refractivity contribution is 7.99. The Bertz CT molecular complexity index is 496. The van der Waals surface area contributed by atoms with E-state index in [1.165, 1.54) is 11.3 Å². The second-order valence-corrected chi connectivity index (χ2v) is 6.10. The van der Waals surface area contributed by atoms with Crippen LogP contribution in [0.25, 0.3) is 0 Å². The maximum atomic E-state index is 12.1. The lowest BCUT2D eigenvalue weighted by molar-refractivity contribution is 0.0962. The number of amides is 1. The van der Waals surface area contributed by atoms with E-state index in [1.807, 2.05) is 6.26 Å². The van der Waals surface area contributed by atoms with Crippen molar-refractivity contribution >= 4 is 39.7 Å². The van der Waals surface area contributed by atoms with Gasteiger partial charge in [0.05, 0.1) is 23.8 Å². The molecule has 1 aliphatic heterocycles. The van der Waals surface area contributed by atoms with Crippen molar-refractivity contribution in [1.29, 1.82) is 0 Å². The number of hydrogen-bond donors (Lipinski definition) is 2. The number of thiophene rings is 1. The summed E-state index contributed by atoms with van der Waals surface area (Å²) in [7, 11) is 0. The molecule has 0 unspecified atom stereocenters. The molecule has 0 aromatic carbocycles. The van der Waals surface area contributed by atoms with E-state index >= 15 is 0 Å². The van der Waals surface area contributed by atoms with Crippen LogP contribution in [0.3, 0.4) is 0 Å². The quantitative estimate of drug-likeness (QED) is 0.641. The molecule has 0 aliphatic carbocycles. The first-order valence-electron chi connectivity index (χ1n) is 6.37. The van der Waals surface area contributed by atoms with Crippen molar-refractivity contribution in [2.75, 3.05) is 49.7 Å². The van der Waals surface area contributed by atoms with Crippen LogP contribution in [0.15, 0.2) is 17.6 Å². The molecule has 3 N–H and O–H groups in total. The average Bonchev–Trinajstić information content (AvgIpc) is 2.82. The van der Waals surface area contributed by atoms with Gasteiger partial charge in [0.25, 0.3) is 5.91 Å². The van der Waals surface area contributed by atoms with Crippen LogP contribution in [-0.4, -0.2) is 45.0 Å². The number of carbonyl (C=O) groups excluding carboxylic acids is 1. The maximum absolute atomic E-state index is 12.1. The summed E-state index contributed by atoms with van der Waals surface area (Å²) in [6.07, 6.45) is 3.63. The van der Waals surface area contributed by atoms with Gasteiger partial charge in [-0.25, -0.2) is 0 Å². The van der Waals surface area contributed by atoms with E-state index in [-0.39, 0.29) is 5.91 Å². The van der Waals surface area contributed by atoms with Gasteiger partial charge in [-0.05, 0) is 6.26 Å². The first-order valence-corrected chi connectivity index (χ1v) is 8.41. The van der Waals surface area contributed by atoms with E-state index in [1.54, 1.807) is 17.8 Å². The Labute approximate surface area is 127 Å². The van der Waals surface area contributed by atoms with Crippen LogP contribution in [-0.2, 0) is 4.74 Å². The Morgan fingerprint density at radius 3 is 2.90 bits per heavy atom. The summed E-state index contributed by atoms with van der Waals surface area (Å²) in [6, 6.07) is 0. The van der Waals surface area contributed by atoms with Gasteiger partial charge in [-0.15, -0.1) is 29.7 Å². The number of ether oxygens (including phenoxy) is 1. The Kier molecular flexibility index (Phi) is 5.33. The molecule has 1 aromatic rings. The van der Waals surface area contributed by atoms with E-state index in [2.05, 4.69) is 16.8 Å².